The Bertz CT molecular complexity index is 1030. The van der Waals surface area contributed by atoms with E-state index in [-0.39, 0.29) is 23.6 Å². The zero-order valence-corrected chi connectivity index (χ0v) is 15.6. The van der Waals surface area contributed by atoms with Gasteiger partial charge in [-0.1, -0.05) is 12.1 Å². The van der Waals surface area contributed by atoms with Crippen LogP contribution in [0.3, 0.4) is 0 Å². The first-order chi connectivity index (χ1) is 12.0. The highest BCUT2D eigenvalue weighted by Gasteiger charge is 2.32. The number of aliphatic carboxylic acids is 1. The second-order valence-electron chi connectivity index (χ2n) is 7.06. The predicted molar refractivity (Wildman–Crippen MR) is 98.0 cm³/mol. The van der Waals surface area contributed by atoms with Gasteiger partial charge in [-0.15, -0.1) is 0 Å². The number of amides is 1. The van der Waals surface area contributed by atoms with Crippen LogP contribution in [0.25, 0.3) is 10.8 Å². The highest BCUT2D eigenvalue weighted by molar-refractivity contribution is 7.89. The van der Waals surface area contributed by atoms with Gasteiger partial charge in [0, 0.05) is 35.3 Å². The Morgan fingerprint density at radius 3 is 2.58 bits per heavy atom. The molecule has 138 valence electrons. The lowest BCUT2D eigenvalue weighted by Gasteiger charge is -2.25. The first-order valence-electron chi connectivity index (χ1n) is 8.13. The van der Waals surface area contributed by atoms with E-state index in [2.05, 4.69) is 4.72 Å². The zero-order chi connectivity index (χ0) is 19.3. The van der Waals surface area contributed by atoms with Crippen LogP contribution in [0.2, 0.25) is 0 Å². The van der Waals surface area contributed by atoms with Crippen molar-refractivity contribution in [2.24, 2.45) is 0 Å². The molecule has 1 aliphatic rings. The van der Waals surface area contributed by atoms with Gasteiger partial charge in [-0.2, -0.15) is 0 Å². The first kappa shape index (κ1) is 18.3. The number of carboxylic acids is 1. The summed E-state index contributed by atoms with van der Waals surface area (Å²) < 4.78 is 28.5. The van der Waals surface area contributed by atoms with E-state index in [0.717, 1.165) is 0 Å². The van der Waals surface area contributed by atoms with Crippen molar-refractivity contribution in [3.05, 3.63) is 35.9 Å². The predicted octanol–water partition coefficient (Wildman–Crippen LogP) is 2.35. The van der Waals surface area contributed by atoms with Crippen LogP contribution in [-0.4, -0.2) is 38.0 Å². The summed E-state index contributed by atoms with van der Waals surface area (Å²) in [6, 6.07) is 8.11. The Labute approximate surface area is 151 Å². The van der Waals surface area contributed by atoms with Crippen molar-refractivity contribution >= 4 is 38.4 Å². The Kier molecular flexibility index (Phi) is 4.28. The van der Waals surface area contributed by atoms with Crippen molar-refractivity contribution in [2.45, 2.75) is 37.1 Å². The van der Waals surface area contributed by atoms with E-state index in [9.17, 15) is 18.0 Å². The molecule has 1 amide bonds. The minimum Gasteiger partial charge on any atom is -0.481 e. The molecule has 0 saturated carbocycles. The molecular formula is C18H20N2O5S. The highest BCUT2D eigenvalue weighted by atomic mass is 32.2. The molecule has 0 unspecified atom stereocenters. The number of nitrogens with zero attached hydrogens (tertiary/aromatic N) is 1. The van der Waals surface area contributed by atoms with E-state index in [0.29, 0.717) is 22.0 Å². The third-order valence-electron chi connectivity index (χ3n) is 4.54. The fourth-order valence-corrected chi connectivity index (χ4v) is 4.88. The molecule has 26 heavy (non-hydrogen) atoms. The van der Waals surface area contributed by atoms with Crippen molar-refractivity contribution in [2.75, 3.05) is 11.9 Å². The van der Waals surface area contributed by atoms with E-state index in [1.807, 2.05) is 0 Å². The third-order valence-corrected chi connectivity index (χ3v) is 6.30. The average Bonchev–Trinajstić information content (AvgIpc) is 2.79. The lowest BCUT2D eigenvalue weighted by Crippen LogP contribution is -2.43. The van der Waals surface area contributed by atoms with Gasteiger partial charge in [-0.25, -0.2) is 13.1 Å². The van der Waals surface area contributed by atoms with Gasteiger partial charge < -0.3 is 10.0 Å². The van der Waals surface area contributed by atoms with Crippen molar-refractivity contribution in [1.82, 2.24) is 4.72 Å². The third kappa shape index (κ3) is 3.06. The Hall–Kier alpha value is -2.45. The molecule has 3 rings (SSSR count). The van der Waals surface area contributed by atoms with Crippen molar-refractivity contribution in [3.63, 3.8) is 0 Å². The second-order valence-corrected chi connectivity index (χ2v) is 8.71. The van der Waals surface area contributed by atoms with Crippen LogP contribution in [0.4, 0.5) is 5.69 Å². The number of hydrogen-bond donors (Lipinski definition) is 2. The molecule has 0 bridgehead atoms. The van der Waals surface area contributed by atoms with E-state index < -0.39 is 21.5 Å². The van der Waals surface area contributed by atoms with Crippen LogP contribution in [0.15, 0.2) is 35.2 Å². The molecule has 7 nitrogen and oxygen atoms in total. The lowest BCUT2D eigenvalue weighted by molar-refractivity contribution is -0.137. The van der Waals surface area contributed by atoms with E-state index >= 15 is 0 Å². The molecule has 2 N–H and O–H groups in total. The number of sulfonamides is 1. The molecular weight excluding hydrogens is 356 g/mol. The summed E-state index contributed by atoms with van der Waals surface area (Å²) in [6.45, 7) is 3.29. The highest BCUT2D eigenvalue weighted by Crippen LogP contribution is 2.39. The van der Waals surface area contributed by atoms with Gasteiger partial charge in [0.05, 0.1) is 10.6 Å². The van der Waals surface area contributed by atoms with Gasteiger partial charge in [0.25, 0.3) is 5.91 Å². The van der Waals surface area contributed by atoms with Gasteiger partial charge >= 0.3 is 5.97 Å². The molecule has 0 spiro atoms. The maximum Gasteiger partial charge on any atom is 0.303 e. The van der Waals surface area contributed by atoms with Gasteiger partial charge in [-0.3, -0.25) is 9.59 Å². The van der Waals surface area contributed by atoms with Gasteiger partial charge in [0.2, 0.25) is 10.0 Å². The summed E-state index contributed by atoms with van der Waals surface area (Å²) in [6.07, 6.45) is 0.0166. The second kappa shape index (κ2) is 6.07. The summed E-state index contributed by atoms with van der Waals surface area (Å²) in [5, 5.41) is 9.93. The van der Waals surface area contributed by atoms with Gasteiger partial charge in [-0.05, 0) is 38.5 Å². The molecule has 0 fully saturated rings. The van der Waals surface area contributed by atoms with Gasteiger partial charge in [0.1, 0.15) is 0 Å². The topological polar surface area (TPSA) is 104 Å². The molecule has 0 aromatic heterocycles. The number of carboxylic acid groups (broad SMARTS) is 1. The molecule has 0 aliphatic carbocycles. The van der Waals surface area contributed by atoms with Crippen LogP contribution >= 0.6 is 0 Å². The van der Waals surface area contributed by atoms with Crippen molar-refractivity contribution in [3.8, 4) is 0 Å². The number of rotatable bonds is 6. The summed E-state index contributed by atoms with van der Waals surface area (Å²) in [7, 11) is -2.25. The van der Waals surface area contributed by atoms with Crippen molar-refractivity contribution in [1.29, 1.82) is 0 Å². The molecule has 0 saturated heterocycles. The fourth-order valence-electron chi connectivity index (χ4n) is 3.23. The average molecular weight is 376 g/mol. The van der Waals surface area contributed by atoms with Crippen LogP contribution in [0.1, 0.15) is 37.0 Å². The number of nitrogens with one attached hydrogen (secondary N) is 1. The number of hydrogen-bond acceptors (Lipinski definition) is 4. The molecule has 8 heteroatoms. The van der Waals surface area contributed by atoms with Crippen LogP contribution < -0.4 is 9.62 Å². The van der Waals surface area contributed by atoms with Gasteiger partial charge in [0.15, 0.2) is 0 Å². The first-order valence-corrected chi connectivity index (χ1v) is 9.61. The summed E-state index contributed by atoms with van der Waals surface area (Å²) >= 11 is 0. The largest absolute Gasteiger partial charge is 0.481 e. The minimum atomic E-state index is -3.91. The Morgan fingerprint density at radius 1 is 1.23 bits per heavy atom. The Balaban J connectivity index is 2.06. The van der Waals surface area contributed by atoms with Crippen molar-refractivity contribution < 1.29 is 23.1 Å². The zero-order valence-electron chi connectivity index (χ0n) is 14.7. The maximum absolute atomic E-state index is 13.0. The molecule has 1 aliphatic heterocycles. The standard InChI is InChI=1S/C18H20N2O5S/c1-18(2,10-9-15(21)22)19-26(24,25)14-8-7-13-16-11(14)5-4-6-12(16)17(23)20(13)3/h4-8,19H,9-10H2,1-3H3,(H,21,22). The van der Waals surface area contributed by atoms with Crippen LogP contribution in [0, 0.1) is 0 Å². The molecule has 2 aromatic carbocycles. The monoisotopic (exact) mass is 376 g/mol. The summed E-state index contributed by atoms with van der Waals surface area (Å²) in [5.74, 6) is -1.15. The molecule has 0 radical (unpaired) electrons. The number of carbonyl (C=O) groups excluding carboxylic acids is 1. The van der Waals surface area contributed by atoms with E-state index in [4.69, 9.17) is 5.11 Å². The summed E-state index contributed by atoms with van der Waals surface area (Å²) in [4.78, 5) is 24.7. The van der Waals surface area contributed by atoms with E-state index in [1.165, 1.54) is 11.0 Å². The minimum absolute atomic E-state index is 0.0737. The number of carbonyl (C=O) groups is 2. The number of benzene rings is 2. The van der Waals surface area contributed by atoms with E-state index in [1.54, 1.807) is 45.2 Å². The fraction of sp³-hybridized carbons (Fsp3) is 0.333. The maximum atomic E-state index is 13.0. The molecule has 1 heterocycles. The SMILES string of the molecule is CN1C(=O)c2cccc3c(S(=O)(=O)NC(C)(C)CCC(=O)O)ccc1c23. The number of anilines is 1. The molecule has 0 atom stereocenters. The lowest BCUT2D eigenvalue weighted by atomic mass is 10.0. The normalized spacial score (nSPS) is 14.3. The quantitative estimate of drug-likeness (QED) is 0.805. The van der Waals surface area contributed by atoms with Crippen LogP contribution in [0.5, 0.6) is 0 Å². The summed E-state index contributed by atoms with van der Waals surface area (Å²) in [5.41, 5.74) is 0.221. The Morgan fingerprint density at radius 2 is 1.92 bits per heavy atom. The smallest absolute Gasteiger partial charge is 0.303 e. The van der Waals surface area contributed by atoms with Crippen LogP contribution in [-0.2, 0) is 14.8 Å². The molecule has 2 aromatic rings.